The zero-order valence-corrected chi connectivity index (χ0v) is 12.9. The van der Waals surface area contributed by atoms with E-state index in [2.05, 4.69) is 6.92 Å². The average Bonchev–Trinajstić information content (AvgIpc) is 2.87. The van der Waals surface area contributed by atoms with Gasteiger partial charge in [-0.3, -0.25) is 4.79 Å². The molecule has 1 N–H and O–H groups in total. The Labute approximate surface area is 129 Å². The number of carbonyl (C=O) groups excluding carboxylic acids is 1. The monoisotopic (exact) mass is 301 g/mol. The van der Waals surface area contributed by atoms with Crippen LogP contribution in [0.2, 0.25) is 0 Å². The predicted octanol–water partition coefficient (Wildman–Crippen LogP) is 3.12. The number of furan rings is 1. The van der Waals surface area contributed by atoms with Crippen molar-refractivity contribution in [3.05, 3.63) is 58.5 Å². The van der Waals surface area contributed by atoms with E-state index in [1.54, 1.807) is 26.1 Å². The van der Waals surface area contributed by atoms with E-state index < -0.39 is 5.97 Å². The highest BCUT2D eigenvalue weighted by atomic mass is 16.4. The predicted molar refractivity (Wildman–Crippen MR) is 82.0 cm³/mol. The van der Waals surface area contributed by atoms with E-state index in [0.29, 0.717) is 17.1 Å². The number of aromatic carboxylic acids is 1. The molecule has 0 aliphatic carbocycles. The minimum atomic E-state index is -1.03. The fraction of sp³-hybridized carbons (Fsp3) is 0.294. The van der Waals surface area contributed by atoms with Crippen LogP contribution in [0.5, 0.6) is 0 Å². The van der Waals surface area contributed by atoms with Crippen molar-refractivity contribution in [1.29, 1.82) is 0 Å². The van der Waals surface area contributed by atoms with Crippen molar-refractivity contribution in [3.63, 3.8) is 0 Å². The highest BCUT2D eigenvalue weighted by molar-refractivity contribution is 5.94. The van der Waals surface area contributed by atoms with E-state index in [-0.39, 0.29) is 18.0 Å². The van der Waals surface area contributed by atoms with Gasteiger partial charge in [-0.25, -0.2) is 4.79 Å². The third kappa shape index (κ3) is 3.36. The summed E-state index contributed by atoms with van der Waals surface area (Å²) in [5, 5.41) is 9.01. The lowest BCUT2D eigenvalue weighted by Gasteiger charge is -2.16. The smallest absolute Gasteiger partial charge is 0.339 e. The van der Waals surface area contributed by atoms with Crippen LogP contribution in [0.15, 0.2) is 34.7 Å². The number of rotatable bonds is 5. The lowest BCUT2D eigenvalue weighted by atomic mass is 10.1. The third-order valence-corrected chi connectivity index (χ3v) is 3.55. The van der Waals surface area contributed by atoms with Crippen LogP contribution in [-0.4, -0.2) is 28.9 Å². The Morgan fingerprint density at radius 3 is 2.36 bits per heavy atom. The quantitative estimate of drug-likeness (QED) is 0.921. The summed E-state index contributed by atoms with van der Waals surface area (Å²) in [6.07, 6.45) is 0.925. The largest absolute Gasteiger partial charge is 0.478 e. The Kier molecular flexibility index (Phi) is 4.65. The number of carboxylic acids is 1. The molecule has 0 spiro atoms. The minimum absolute atomic E-state index is 0.128. The molecule has 22 heavy (non-hydrogen) atoms. The Balaban J connectivity index is 2.10. The van der Waals surface area contributed by atoms with E-state index in [1.165, 1.54) is 16.5 Å². The standard InChI is InChI=1S/C17H19NO4/c1-4-12-5-7-13(8-6-12)16(19)18(3)10-14-9-15(17(20)21)11(2)22-14/h5-9H,4,10H2,1-3H3,(H,20,21). The Morgan fingerprint density at radius 2 is 1.86 bits per heavy atom. The second-order valence-corrected chi connectivity index (χ2v) is 5.20. The van der Waals surface area contributed by atoms with Crippen LogP contribution in [0.4, 0.5) is 0 Å². The van der Waals surface area contributed by atoms with Crippen molar-refractivity contribution >= 4 is 11.9 Å². The Bertz CT molecular complexity index is 685. The molecule has 0 atom stereocenters. The molecule has 0 bridgehead atoms. The summed E-state index contributed by atoms with van der Waals surface area (Å²) in [6.45, 7) is 3.88. The summed E-state index contributed by atoms with van der Waals surface area (Å²) in [4.78, 5) is 24.8. The zero-order chi connectivity index (χ0) is 16.3. The van der Waals surface area contributed by atoms with Crippen LogP contribution in [-0.2, 0) is 13.0 Å². The SMILES string of the molecule is CCc1ccc(C(=O)N(C)Cc2cc(C(=O)O)c(C)o2)cc1. The maximum Gasteiger partial charge on any atom is 0.339 e. The molecule has 1 aromatic carbocycles. The molecule has 1 aromatic heterocycles. The molecular formula is C17H19NO4. The lowest BCUT2D eigenvalue weighted by Crippen LogP contribution is -2.26. The molecule has 0 fully saturated rings. The number of amides is 1. The van der Waals surface area contributed by atoms with Gasteiger partial charge in [0.05, 0.1) is 6.54 Å². The maximum atomic E-state index is 12.3. The molecule has 0 saturated carbocycles. The van der Waals surface area contributed by atoms with E-state index in [0.717, 1.165) is 6.42 Å². The normalized spacial score (nSPS) is 10.5. The second kappa shape index (κ2) is 6.47. The molecular weight excluding hydrogens is 282 g/mol. The van der Waals surface area contributed by atoms with Crippen molar-refractivity contribution in [3.8, 4) is 0 Å². The lowest BCUT2D eigenvalue weighted by molar-refractivity contribution is 0.0694. The Hall–Kier alpha value is -2.56. The molecule has 0 saturated heterocycles. The molecule has 1 amide bonds. The summed E-state index contributed by atoms with van der Waals surface area (Å²) in [5.41, 5.74) is 1.90. The fourth-order valence-corrected chi connectivity index (χ4v) is 2.24. The van der Waals surface area contributed by atoms with Crippen LogP contribution in [0.1, 0.15) is 44.7 Å². The van der Waals surface area contributed by atoms with Gasteiger partial charge >= 0.3 is 5.97 Å². The van der Waals surface area contributed by atoms with E-state index in [9.17, 15) is 9.59 Å². The Morgan fingerprint density at radius 1 is 1.23 bits per heavy atom. The molecule has 1 heterocycles. The second-order valence-electron chi connectivity index (χ2n) is 5.20. The molecule has 0 aliphatic rings. The van der Waals surface area contributed by atoms with Crippen LogP contribution in [0, 0.1) is 6.92 Å². The number of carboxylic acid groups (broad SMARTS) is 1. The van der Waals surface area contributed by atoms with Crippen LogP contribution in [0.25, 0.3) is 0 Å². The van der Waals surface area contributed by atoms with Gasteiger partial charge in [-0.05, 0) is 37.1 Å². The molecule has 5 nitrogen and oxygen atoms in total. The highest BCUT2D eigenvalue weighted by Gasteiger charge is 2.17. The molecule has 116 valence electrons. The van der Waals surface area contributed by atoms with E-state index >= 15 is 0 Å². The molecule has 5 heteroatoms. The van der Waals surface area contributed by atoms with Gasteiger partial charge < -0.3 is 14.4 Å². The number of aryl methyl sites for hydroxylation is 2. The summed E-state index contributed by atoms with van der Waals surface area (Å²) < 4.78 is 5.39. The van der Waals surface area contributed by atoms with Gasteiger partial charge in [0.15, 0.2) is 0 Å². The van der Waals surface area contributed by atoms with Crippen molar-refractivity contribution in [2.45, 2.75) is 26.8 Å². The summed E-state index contributed by atoms with van der Waals surface area (Å²) in [7, 11) is 1.66. The number of carbonyl (C=O) groups is 2. The van der Waals surface area contributed by atoms with E-state index in [1.807, 2.05) is 12.1 Å². The first kappa shape index (κ1) is 15.8. The molecule has 2 aromatic rings. The summed E-state index contributed by atoms with van der Waals surface area (Å²) in [6, 6.07) is 8.92. The van der Waals surface area contributed by atoms with Crippen LogP contribution < -0.4 is 0 Å². The van der Waals surface area contributed by atoms with Crippen molar-refractivity contribution < 1.29 is 19.1 Å². The molecule has 2 rings (SSSR count). The molecule has 0 aliphatic heterocycles. The van der Waals surface area contributed by atoms with Crippen molar-refractivity contribution in [2.75, 3.05) is 7.05 Å². The first-order valence-electron chi connectivity index (χ1n) is 7.09. The fourth-order valence-electron chi connectivity index (χ4n) is 2.24. The van der Waals surface area contributed by atoms with Gasteiger partial charge in [0, 0.05) is 12.6 Å². The summed E-state index contributed by atoms with van der Waals surface area (Å²) >= 11 is 0. The average molecular weight is 301 g/mol. The van der Waals surface area contributed by atoms with Gasteiger partial charge in [0.25, 0.3) is 5.91 Å². The molecule has 0 radical (unpaired) electrons. The zero-order valence-electron chi connectivity index (χ0n) is 12.9. The number of nitrogens with zero attached hydrogens (tertiary/aromatic N) is 1. The third-order valence-electron chi connectivity index (χ3n) is 3.55. The highest BCUT2D eigenvalue weighted by Crippen LogP contribution is 2.17. The first-order chi connectivity index (χ1) is 10.4. The maximum absolute atomic E-state index is 12.3. The van der Waals surface area contributed by atoms with E-state index in [4.69, 9.17) is 9.52 Å². The summed E-state index contributed by atoms with van der Waals surface area (Å²) in [5.74, 6) is -0.364. The van der Waals surface area contributed by atoms with Gasteiger partial charge in [0.2, 0.25) is 0 Å². The van der Waals surface area contributed by atoms with Crippen LogP contribution >= 0.6 is 0 Å². The number of benzene rings is 1. The minimum Gasteiger partial charge on any atom is -0.478 e. The van der Waals surface area contributed by atoms with Gasteiger partial charge in [0.1, 0.15) is 17.1 Å². The molecule has 0 unspecified atom stereocenters. The van der Waals surface area contributed by atoms with Crippen molar-refractivity contribution in [2.24, 2.45) is 0 Å². The van der Waals surface area contributed by atoms with Gasteiger partial charge in [-0.2, -0.15) is 0 Å². The first-order valence-corrected chi connectivity index (χ1v) is 7.09. The topological polar surface area (TPSA) is 70.8 Å². The number of hydrogen-bond donors (Lipinski definition) is 1. The van der Waals surface area contributed by atoms with Gasteiger partial charge in [-0.1, -0.05) is 19.1 Å². The van der Waals surface area contributed by atoms with Crippen LogP contribution in [0.3, 0.4) is 0 Å². The van der Waals surface area contributed by atoms with Gasteiger partial charge in [-0.15, -0.1) is 0 Å². The number of hydrogen-bond acceptors (Lipinski definition) is 3. The van der Waals surface area contributed by atoms with Crippen molar-refractivity contribution in [1.82, 2.24) is 4.90 Å².